The molecule has 0 radical (unpaired) electrons. The summed E-state index contributed by atoms with van der Waals surface area (Å²) in [5.74, 6) is -1.16. The van der Waals surface area contributed by atoms with E-state index in [1.807, 2.05) is 41.3 Å². The molecule has 0 N–H and O–H groups in total. The summed E-state index contributed by atoms with van der Waals surface area (Å²) in [4.78, 5) is 27.9. The molecule has 2 fully saturated rings. The molecule has 1 aromatic heterocycles. The smallest absolute Gasteiger partial charge is 0.318 e. The molecular formula is C32H34ClFN6O3. The quantitative estimate of drug-likeness (QED) is 0.349. The normalized spacial score (nSPS) is 22.3. The first-order chi connectivity index (χ1) is 20.8. The first kappa shape index (κ1) is 29.3. The van der Waals surface area contributed by atoms with E-state index >= 15 is 0 Å². The van der Waals surface area contributed by atoms with Crippen molar-refractivity contribution in [2.24, 2.45) is 0 Å². The number of fused-ring (bicyclic) bond motifs is 2. The van der Waals surface area contributed by atoms with Crippen LogP contribution in [0, 0.1) is 11.3 Å². The molecule has 2 saturated heterocycles. The molecule has 9 nitrogen and oxygen atoms in total. The van der Waals surface area contributed by atoms with Crippen LogP contribution in [0.5, 0.6) is 6.01 Å². The van der Waals surface area contributed by atoms with Crippen LogP contribution in [0.2, 0.25) is 5.02 Å². The summed E-state index contributed by atoms with van der Waals surface area (Å²) < 4.78 is 26.5. The van der Waals surface area contributed by atoms with E-state index in [9.17, 15) is 14.4 Å². The van der Waals surface area contributed by atoms with Gasteiger partial charge in [-0.15, -0.1) is 0 Å². The van der Waals surface area contributed by atoms with Crippen LogP contribution in [0.1, 0.15) is 42.2 Å². The van der Waals surface area contributed by atoms with Gasteiger partial charge in [-0.05, 0) is 43.5 Å². The highest BCUT2D eigenvalue weighted by Crippen LogP contribution is 2.39. The Morgan fingerprint density at radius 1 is 1.21 bits per heavy atom. The van der Waals surface area contributed by atoms with Crippen molar-refractivity contribution in [1.82, 2.24) is 19.8 Å². The van der Waals surface area contributed by atoms with Gasteiger partial charge in [0.15, 0.2) is 5.83 Å². The summed E-state index contributed by atoms with van der Waals surface area (Å²) in [7, 11) is 2.10. The van der Waals surface area contributed by atoms with Gasteiger partial charge in [0.05, 0.1) is 36.9 Å². The van der Waals surface area contributed by atoms with E-state index < -0.39 is 17.8 Å². The number of carbonyl (C=O) groups excluding carboxylic acids is 1. The summed E-state index contributed by atoms with van der Waals surface area (Å²) in [6.07, 6.45) is 2.46. The second kappa shape index (κ2) is 12.4. The average molecular weight is 605 g/mol. The molecule has 0 saturated carbocycles. The fourth-order valence-electron chi connectivity index (χ4n) is 6.46. The van der Waals surface area contributed by atoms with Gasteiger partial charge >= 0.3 is 6.01 Å². The maximum atomic E-state index is 13.8. The molecule has 3 aliphatic heterocycles. The van der Waals surface area contributed by atoms with Gasteiger partial charge in [-0.2, -0.15) is 15.2 Å². The number of carbonyl (C=O) groups is 1. The molecule has 43 heavy (non-hydrogen) atoms. The predicted octanol–water partition coefficient (Wildman–Crippen LogP) is 4.98. The first-order valence-electron chi connectivity index (χ1n) is 14.6. The van der Waals surface area contributed by atoms with E-state index in [2.05, 4.69) is 24.6 Å². The number of nitrogens with zero attached hydrogens (tertiary/aromatic N) is 6. The van der Waals surface area contributed by atoms with Crippen LogP contribution in [-0.2, 0) is 22.6 Å². The Kier molecular flexibility index (Phi) is 8.48. The maximum Gasteiger partial charge on any atom is 0.318 e. The zero-order valence-electron chi connectivity index (χ0n) is 24.1. The molecule has 0 spiro atoms. The number of likely N-dealkylation sites (tertiary alicyclic amines) is 1. The predicted molar refractivity (Wildman–Crippen MR) is 162 cm³/mol. The summed E-state index contributed by atoms with van der Waals surface area (Å²) in [5.41, 5.74) is 2.67. The number of benzene rings is 2. The average Bonchev–Trinajstić information content (AvgIpc) is 3.43. The fourth-order valence-corrected chi connectivity index (χ4v) is 6.75. The number of halogens is 2. The van der Waals surface area contributed by atoms with Crippen molar-refractivity contribution in [2.45, 2.75) is 50.5 Å². The lowest BCUT2D eigenvalue weighted by atomic mass is 9.94. The van der Waals surface area contributed by atoms with Crippen LogP contribution < -0.4 is 9.64 Å². The van der Waals surface area contributed by atoms with Gasteiger partial charge < -0.3 is 24.2 Å². The van der Waals surface area contributed by atoms with Crippen molar-refractivity contribution in [3.63, 3.8) is 0 Å². The van der Waals surface area contributed by atoms with E-state index in [1.165, 1.54) is 4.90 Å². The summed E-state index contributed by atoms with van der Waals surface area (Å²) >= 11 is 6.65. The molecule has 0 aliphatic carbocycles. The van der Waals surface area contributed by atoms with Gasteiger partial charge in [0.25, 0.3) is 5.91 Å². The Labute approximate surface area is 255 Å². The molecule has 1 amide bonds. The third-order valence-electron chi connectivity index (χ3n) is 8.77. The molecule has 1 unspecified atom stereocenters. The first-order valence-corrected chi connectivity index (χ1v) is 15.0. The van der Waals surface area contributed by atoms with Crippen LogP contribution in [0.3, 0.4) is 0 Å². The fraction of sp³-hybridized carbons (Fsp3) is 0.438. The molecule has 4 heterocycles. The second-order valence-corrected chi connectivity index (χ2v) is 11.8. The number of amides is 1. The summed E-state index contributed by atoms with van der Waals surface area (Å²) in [5, 5.41) is 12.1. The minimum atomic E-state index is -1.03. The largest absolute Gasteiger partial charge is 0.462 e. The number of aromatic nitrogens is 2. The highest BCUT2D eigenvalue weighted by molar-refractivity contribution is 6.35. The van der Waals surface area contributed by atoms with Crippen molar-refractivity contribution in [1.29, 1.82) is 5.26 Å². The minimum Gasteiger partial charge on any atom is -0.462 e. The molecule has 3 aliphatic rings. The number of rotatable bonds is 7. The van der Waals surface area contributed by atoms with Crippen LogP contribution in [0.4, 0.5) is 10.2 Å². The monoisotopic (exact) mass is 604 g/mol. The van der Waals surface area contributed by atoms with Crippen molar-refractivity contribution >= 4 is 34.1 Å². The third kappa shape index (κ3) is 5.90. The molecule has 6 rings (SSSR count). The standard InChI is InChI=1S/C32H34ClFN6O3/c1-20(34)31(41)40-15-14-39(17-22(40)11-12-35)30-25-19-42-28(24-9-3-6-21-7-4-10-26(33)29(21)24)16-27(25)36-32(37-30)43-18-23-8-5-13-38(23)2/h3-4,6-7,9-10,22-23,28H,1,5,8,11,13-19H2,2H3/t22-,23+,28?/m1/s1. The third-order valence-corrected chi connectivity index (χ3v) is 9.08. The number of hydrogen-bond donors (Lipinski definition) is 0. The summed E-state index contributed by atoms with van der Waals surface area (Å²) in [6, 6.07) is 14.1. The Morgan fingerprint density at radius 3 is 2.77 bits per heavy atom. The van der Waals surface area contributed by atoms with Crippen molar-refractivity contribution in [3.05, 3.63) is 70.6 Å². The van der Waals surface area contributed by atoms with Crippen molar-refractivity contribution in [3.8, 4) is 12.1 Å². The lowest BCUT2D eigenvalue weighted by molar-refractivity contribution is -0.131. The highest BCUT2D eigenvalue weighted by atomic mass is 35.5. The number of anilines is 1. The van der Waals surface area contributed by atoms with Crippen LogP contribution >= 0.6 is 11.6 Å². The summed E-state index contributed by atoms with van der Waals surface area (Å²) in [6.45, 7) is 5.89. The maximum absolute atomic E-state index is 13.8. The Morgan fingerprint density at radius 2 is 2.02 bits per heavy atom. The second-order valence-electron chi connectivity index (χ2n) is 11.4. The molecule has 2 aromatic carbocycles. The SMILES string of the molecule is C=C(F)C(=O)N1CCN(c2nc(OC[C@@H]3CCCN3C)nc3c2COC(c2cccc4cccc(Cl)c24)C3)C[C@H]1CC#N. The molecule has 0 bridgehead atoms. The van der Waals surface area contributed by atoms with Gasteiger partial charge in [0.1, 0.15) is 12.4 Å². The molecule has 3 atom stereocenters. The van der Waals surface area contributed by atoms with E-state index in [-0.39, 0.29) is 31.7 Å². The van der Waals surface area contributed by atoms with E-state index in [0.29, 0.717) is 43.0 Å². The van der Waals surface area contributed by atoms with Crippen molar-refractivity contribution in [2.75, 3.05) is 44.7 Å². The molecule has 224 valence electrons. The van der Waals surface area contributed by atoms with E-state index in [1.54, 1.807) is 0 Å². The van der Waals surface area contributed by atoms with Gasteiger partial charge in [-0.1, -0.05) is 48.5 Å². The number of piperazine rings is 1. The lowest BCUT2D eigenvalue weighted by Crippen LogP contribution is -2.55. The van der Waals surface area contributed by atoms with Gasteiger partial charge in [-0.25, -0.2) is 4.39 Å². The number of hydrogen-bond acceptors (Lipinski definition) is 8. The van der Waals surface area contributed by atoms with Crippen molar-refractivity contribution < 1.29 is 18.7 Å². The van der Waals surface area contributed by atoms with Crippen LogP contribution in [-0.4, -0.2) is 77.6 Å². The van der Waals surface area contributed by atoms with Gasteiger partial charge in [0.2, 0.25) is 0 Å². The molecular weight excluding hydrogens is 571 g/mol. The van der Waals surface area contributed by atoms with E-state index in [4.69, 9.17) is 31.0 Å². The molecule has 11 heteroatoms. The Balaban J connectivity index is 1.34. The molecule has 3 aromatic rings. The zero-order chi connectivity index (χ0) is 30.1. The number of ether oxygens (including phenoxy) is 2. The Bertz CT molecular complexity index is 1590. The highest BCUT2D eigenvalue weighted by Gasteiger charge is 2.36. The van der Waals surface area contributed by atoms with Crippen LogP contribution in [0.25, 0.3) is 10.8 Å². The topological polar surface area (TPSA) is 94.8 Å². The Hall–Kier alpha value is -3.78. The van der Waals surface area contributed by atoms with Crippen LogP contribution in [0.15, 0.2) is 48.8 Å². The van der Waals surface area contributed by atoms with Gasteiger partial charge in [-0.3, -0.25) is 4.79 Å². The van der Waals surface area contributed by atoms with E-state index in [0.717, 1.165) is 47.0 Å². The van der Waals surface area contributed by atoms with Gasteiger partial charge in [0, 0.05) is 48.1 Å². The zero-order valence-corrected chi connectivity index (χ0v) is 24.9. The number of nitriles is 1. The minimum absolute atomic E-state index is 0.0561. The lowest BCUT2D eigenvalue weighted by Gasteiger charge is -2.42. The number of likely N-dealkylation sites (N-methyl/N-ethyl adjacent to an activating group) is 1.